The molecule has 4 rings (SSSR count). The smallest absolute Gasteiger partial charge is 0.341 e. The van der Waals surface area contributed by atoms with Crippen molar-refractivity contribution in [3.8, 4) is 0 Å². The average Bonchev–Trinajstić information content (AvgIpc) is 3.39. The van der Waals surface area contributed by atoms with Crippen LogP contribution in [0.3, 0.4) is 0 Å². The van der Waals surface area contributed by atoms with E-state index < -0.39 is 23.8 Å². The number of carboxylic acid groups (broad SMARTS) is 1. The zero-order valence-corrected chi connectivity index (χ0v) is 17.8. The maximum atomic E-state index is 13.2. The van der Waals surface area contributed by atoms with Crippen LogP contribution in [0.5, 0.6) is 0 Å². The summed E-state index contributed by atoms with van der Waals surface area (Å²) in [5.74, 6) is -1.81. The van der Waals surface area contributed by atoms with Crippen LogP contribution in [0.4, 0.5) is 5.00 Å². The topological polar surface area (TPSA) is 92.7 Å². The van der Waals surface area contributed by atoms with Crippen molar-refractivity contribution in [1.29, 1.82) is 0 Å². The molecule has 29 heavy (non-hydrogen) atoms. The Morgan fingerprint density at radius 1 is 1.14 bits per heavy atom. The highest BCUT2D eigenvalue weighted by Crippen LogP contribution is 2.53. The van der Waals surface area contributed by atoms with Gasteiger partial charge in [-0.05, 0) is 68.8 Å². The summed E-state index contributed by atoms with van der Waals surface area (Å²) in [6.45, 7) is 4.23. The second-order valence-corrected chi connectivity index (χ2v) is 9.76. The Kier molecular flexibility index (Phi) is 5.69. The van der Waals surface area contributed by atoms with Gasteiger partial charge in [0.15, 0.2) is 0 Å². The number of carbonyl (C=O) groups excluding carboxylic acids is 2. The van der Waals surface area contributed by atoms with Crippen molar-refractivity contribution in [3.05, 3.63) is 16.0 Å². The molecule has 0 aromatic carbocycles. The quantitative estimate of drug-likeness (QED) is 0.677. The molecule has 2 fully saturated rings. The van der Waals surface area contributed by atoms with Gasteiger partial charge in [-0.2, -0.15) is 0 Å². The molecule has 158 valence electrons. The largest absolute Gasteiger partial charge is 0.481 e. The SMILES string of the molecule is CCOC(=O)c1c(NC(=O)[C@H]2[C@@H]3CC[C@@H](C3)[C@@H]2C(=O)O)sc2c1CC[C@@H](CC)C2. The van der Waals surface area contributed by atoms with Gasteiger partial charge in [0.05, 0.1) is 24.0 Å². The minimum absolute atomic E-state index is 0.0969. The number of thiophene rings is 1. The van der Waals surface area contributed by atoms with Crippen LogP contribution in [0, 0.1) is 29.6 Å². The minimum atomic E-state index is -0.876. The second kappa shape index (κ2) is 8.09. The van der Waals surface area contributed by atoms with E-state index in [0.717, 1.165) is 55.4 Å². The van der Waals surface area contributed by atoms with E-state index in [9.17, 15) is 19.5 Å². The third-order valence-corrected chi connectivity index (χ3v) is 8.34. The second-order valence-electron chi connectivity index (χ2n) is 8.66. The molecule has 0 spiro atoms. The van der Waals surface area contributed by atoms with Gasteiger partial charge >= 0.3 is 11.9 Å². The zero-order valence-electron chi connectivity index (χ0n) is 17.0. The third kappa shape index (κ3) is 3.58. The van der Waals surface area contributed by atoms with Gasteiger partial charge < -0.3 is 15.2 Å². The number of amides is 1. The van der Waals surface area contributed by atoms with E-state index in [2.05, 4.69) is 12.2 Å². The summed E-state index contributed by atoms with van der Waals surface area (Å²) >= 11 is 1.47. The number of fused-ring (bicyclic) bond motifs is 3. The molecule has 0 unspecified atom stereocenters. The zero-order chi connectivity index (χ0) is 20.7. The van der Waals surface area contributed by atoms with Gasteiger partial charge in [0.2, 0.25) is 5.91 Å². The molecule has 0 aliphatic heterocycles. The van der Waals surface area contributed by atoms with E-state index in [4.69, 9.17) is 4.74 Å². The molecule has 3 aliphatic rings. The molecule has 1 aromatic rings. The van der Waals surface area contributed by atoms with Crippen molar-refractivity contribution >= 4 is 34.2 Å². The number of anilines is 1. The highest BCUT2D eigenvalue weighted by Gasteiger charge is 2.54. The molecule has 3 aliphatic carbocycles. The van der Waals surface area contributed by atoms with Crippen LogP contribution in [-0.2, 0) is 27.2 Å². The highest BCUT2D eigenvalue weighted by atomic mass is 32.1. The molecule has 5 atom stereocenters. The predicted octanol–water partition coefficient (Wildman–Crippen LogP) is 4.13. The highest BCUT2D eigenvalue weighted by molar-refractivity contribution is 7.17. The molecule has 1 heterocycles. The monoisotopic (exact) mass is 419 g/mol. The minimum Gasteiger partial charge on any atom is -0.481 e. The van der Waals surface area contributed by atoms with Crippen LogP contribution >= 0.6 is 11.3 Å². The number of nitrogens with one attached hydrogen (secondary N) is 1. The number of esters is 1. The van der Waals surface area contributed by atoms with Crippen molar-refractivity contribution in [2.45, 2.75) is 58.8 Å². The molecular weight excluding hydrogens is 390 g/mol. The summed E-state index contributed by atoms with van der Waals surface area (Å²) in [5, 5.41) is 13.2. The van der Waals surface area contributed by atoms with Crippen LogP contribution in [0.25, 0.3) is 0 Å². The standard InChI is InChI=1S/C22H29NO5S/c1-3-11-5-8-14-15(9-11)29-20(18(14)22(27)28-4-2)23-19(24)16-12-6-7-13(10-12)17(16)21(25)26/h11-13,16-17H,3-10H2,1-2H3,(H,23,24)(H,25,26)/t11-,12-,13+,16+,17+/m1/s1. The first-order valence-electron chi connectivity index (χ1n) is 10.8. The first kappa shape index (κ1) is 20.4. The lowest BCUT2D eigenvalue weighted by Crippen LogP contribution is -2.38. The Morgan fingerprint density at radius 2 is 1.86 bits per heavy atom. The van der Waals surface area contributed by atoms with Crippen LogP contribution in [0.2, 0.25) is 0 Å². The molecule has 1 amide bonds. The first-order valence-corrected chi connectivity index (χ1v) is 11.6. The maximum Gasteiger partial charge on any atom is 0.341 e. The molecule has 2 saturated carbocycles. The van der Waals surface area contributed by atoms with E-state index in [0.29, 0.717) is 16.5 Å². The number of rotatable bonds is 6. The summed E-state index contributed by atoms with van der Waals surface area (Å²) in [7, 11) is 0. The summed E-state index contributed by atoms with van der Waals surface area (Å²) in [5.41, 5.74) is 1.50. The van der Waals surface area contributed by atoms with Gasteiger partial charge in [0.1, 0.15) is 5.00 Å². The van der Waals surface area contributed by atoms with Gasteiger partial charge in [-0.25, -0.2) is 4.79 Å². The molecule has 0 radical (unpaired) electrons. The lowest BCUT2D eigenvalue weighted by molar-refractivity contribution is -0.148. The van der Waals surface area contributed by atoms with Gasteiger partial charge in [0.25, 0.3) is 0 Å². The average molecular weight is 420 g/mol. The Labute approximate surface area is 175 Å². The summed E-state index contributed by atoms with van der Waals surface area (Å²) in [6, 6.07) is 0. The Morgan fingerprint density at radius 3 is 2.52 bits per heavy atom. The molecule has 2 bridgehead atoms. The predicted molar refractivity (Wildman–Crippen MR) is 110 cm³/mol. The third-order valence-electron chi connectivity index (χ3n) is 7.17. The molecule has 7 heteroatoms. The van der Waals surface area contributed by atoms with Crippen LogP contribution in [0.15, 0.2) is 0 Å². The summed E-state index contributed by atoms with van der Waals surface area (Å²) < 4.78 is 5.28. The summed E-state index contributed by atoms with van der Waals surface area (Å²) in [6.07, 6.45) is 6.50. The number of aliphatic carboxylic acids is 1. The van der Waals surface area contributed by atoms with Crippen molar-refractivity contribution < 1.29 is 24.2 Å². The van der Waals surface area contributed by atoms with Gasteiger partial charge in [0, 0.05) is 4.88 Å². The van der Waals surface area contributed by atoms with E-state index >= 15 is 0 Å². The van der Waals surface area contributed by atoms with E-state index in [1.165, 1.54) is 11.3 Å². The van der Waals surface area contributed by atoms with E-state index in [1.807, 2.05) is 0 Å². The number of carboxylic acids is 1. The lowest BCUT2D eigenvalue weighted by atomic mass is 9.78. The Balaban J connectivity index is 1.62. The molecule has 2 N–H and O–H groups in total. The Bertz CT molecular complexity index is 831. The fourth-order valence-electron chi connectivity index (χ4n) is 5.73. The van der Waals surface area contributed by atoms with Crippen molar-refractivity contribution in [2.24, 2.45) is 29.6 Å². The van der Waals surface area contributed by atoms with Gasteiger partial charge in [-0.3, -0.25) is 9.59 Å². The van der Waals surface area contributed by atoms with Gasteiger partial charge in [-0.1, -0.05) is 13.3 Å². The molecule has 0 saturated heterocycles. The molecule has 1 aromatic heterocycles. The fourth-order valence-corrected chi connectivity index (χ4v) is 7.08. The maximum absolute atomic E-state index is 13.2. The number of hydrogen-bond donors (Lipinski definition) is 2. The first-order chi connectivity index (χ1) is 13.9. The van der Waals surface area contributed by atoms with Crippen molar-refractivity contribution in [2.75, 3.05) is 11.9 Å². The summed E-state index contributed by atoms with van der Waals surface area (Å²) in [4.78, 5) is 38.8. The van der Waals surface area contributed by atoms with E-state index in [-0.39, 0.29) is 24.3 Å². The normalized spacial score (nSPS) is 30.1. The Hall–Kier alpha value is -1.89. The lowest BCUT2D eigenvalue weighted by Gasteiger charge is -2.27. The van der Waals surface area contributed by atoms with Crippen LogP contribution < -0.4 is 5.32 Å². The van der Waals surface area contributed by atoms with Crippen molar-refractivity contribution in [3.63, 3.8) is 0 Å². The van der Waals surface area contributed by atoms with Crippen LogP contribution in [-0.4, -0.2) is 29.6 Å². The number of ether oxygens (including phenoxy) is 1. The van der Waals surface area contributed by atoms with Crippen molar-refractivity contribution in [1.82, 2.24) is 0 Å². The number of hydrogen-bond acceptors (Lipinski definition) is 5. The molecular formula is C22H29NO5S. The van der Waals surface area contributed by atoms with E-state index in [1.54, 1.807) is 6.92 Å². The van der Waals surface area contributed by atoms with Gasteiger partial charge in [-0.15, -0.1) is 11.3 Å². The van der Waals surface area contributed by atoms with Crippen LogP contribution in [0.1, 0.15) is 66.8 Å². The number of carbonyl (C=O) groups is 3. The molecule has 6 nitrogen and oxygen atoms in total. The fraction of sp³-hybridized carbons (Fsp3) is 0.682.